The van der Waals surface area contributed by atoms with Crippen LogP contribution in [-0.4, -0.2) is 37.1 Å². The van der Waals surface area contributed by atoms with E-state index in [0.29, 0.717) is 18.8 Å². The van der Waals surface area contributed by atoms with Gasteiger partial charge in [-0.25, -0.2) is 8.42 Å². The van der Waals surface area contributed by atoms with Crippen molar-refractivity contribution in [2.45, 2.75) is 44.9 Å². The second-order valence-corrected chi connectivity index (χ2v) is 9.33. The van der Waals surface area contributed by atoms with Crippen LogP contribution in [0.15, 0.2) is 29.2 Å². The Kier molecular flexibility index (Phi) is 7.70. The van der Waals surface area contributed by atoms with Crippen molar-refractivity contribution >= 4 is 33.2 Å². The van der Waals surface area contributed by atoms with Crippen LogP contribution in [0.1, 0.15) is 34.6 Å². The molecule has 0 aromatic heterocycles. The van der Waals surface area contributed by atoms with Crippen LogP contribution in [0.2, 0.25) is 0 Å². The van der Waals surface area contributed by atoms with E-state index in [0.717, 1.165) is 0 Å². The number of amides is 1. The second-order valence-electron chi connectivity index (χ2n) is 6.74. The number of alkyl halides is 1. The van der Waals surface area contributed by atoms with Gasteiger partial charge in [0, 0.05) is 18.8 Å². The number of rotatable bonds is 8. The van der Waals surface area contributed by atoms with Gasteiger partial charge in [0.25, 0.3) is 0 Å². The molecule has 7 heteroatoms. The molecule has 0 aliphatic carbocycles. The van der Waals surface area contributed by atoms with Gasteiger partial charge >= 0.3 is 0 Å². The van der Waals surface area contributed by atoms with Gasteiger partial charge in [0.05, 0.1) is 4.90 Å². The highest BCUT2D eigenvalue weighted by atomic mass is 35.5. The molecule has 1 atom stereocenters. The average molecular weight is 375 g/mol. The molecule has 1 amide bonds. The molecule has 0 aliphatic heterocycles. The summed E-state index contributed by atoms with van der Waals surface area (Å²) in [5.74, 6) is 0.151. The van der Waals surface area contributed by atoms with E-state index in [1.807, 2.05) is 27.7 Å². The van der Waals surface area contributed by atoms with E-state index < -0.39 is 15.4 Å². The van der Waals surface area contributed by atoms with E-state index in [4.69, 9.17) is 11.6 Å². The summed E-state index contributed by atoms with van der Waals surface area (Å²) in [5, 5.41) is 1.98. The molecule has 0 heterocycles. The predicted molar refractivity (Wildman–Crippen MR) is 98.8 cm³/mol. The quantitative estimate of drug-likeness (QED) is 0.707. The van der Waals surface area contributed by atoms with Crippen molar-refractivity contribution in [2.75, 3.05) is 18.4 Å². The normalized spacial score (nSPS) is 13.5. The third kappa shape index (κ3) is 6.07. The van der Waals surface area contributed by atoms with Crippen LogP contribution >= 0.6 is 11.6 Å². The first-order valence-corrected chi connectivity index (χ1v) is 9.96. The van der Waals surface area contributed by atoms with E-state index in [9.17, 15) is 13.2 Å². The summed E-state index contributed by atoms with van der Waals surface area (Å²) in [7, 11) is -3.56. The number of hydrogen-bond donors (Lipinski definition) is 1. The van der Waals surface area contributed by atoms with Gasteiger partial charge in [-0.1, -0.05) is 27.7 Å². The van der Waals surface area contributed by atoms with Gasteiger partial charge in [0.15, 0.2) is 0 Å². The summed E-state index contributed by atoms with van der Waals surface area (Å²) in [5.41, 5.74) is 0.519. The van der Waals surface area contributed by atoms with Crippen LogP contribution in [0.3, 0.4) is 0 Å². The lowest BCUT2D eigenvalue weighted by Crippen LogP contribution is -2.37. The van der Waals surface area contributed by atoms with Crippen LogP contribution in [0.4, 0.5) is 5.69 Å². The lowest BCUT2D eigenvalue weighted by molar-refractivity contribution is -0.115. The van der Waals surface area contributed by atoms with Crippen molar-refractivity contribution in [2.24, 2.45) is 11.8 Å². The Morgan fingerprint density at radius 3 is 1.88 bits per heavy atom. The Morgan fingerprint density at radius 1 is 1.04 bits per heavy atom. The summed E-state index contributed by atoms with van der Waals surface area (Å²) in [4.78, 5) is 11.8. The third-order valence-corrected chi connectivity index (χ3v) is 5.30. The first kappa shape index (κ1) is 20.9. The number of hydrogen-bond acceptors (Lipinski definition) is 3. The van der Waals surface area contributed by atoms with Crippen LogP contribution < -0.4 is 5.32 Å². The molecule has 0 saturated heterocycles. The molecule has 0 aliphatic rings. The fraction of sp³-hybridized carbons (Fsp3) is 0.588. The summed E-state index contributed by atoms with van der Waals surface area (Å²) in [6, 6.07) is 6.18. The molecule has 1 N–H and O–H groups in total. The highest BCUT2D eigenvalue weighted by Crippen LogP contribution is 2.21. The molecule has 5 nitrogen and oxygen atoms in total. The zero-order chi connectivity index (χ0) is 18.5. The summed E-state index contributed by atoms with van der Waals surface area (Å²) in [6.45, 7) is 10.5. The van der Waals surface area contributed by atoms with Crippen molar-refractivity contribution in [1.82, 2.24) is 4.31 Å². The Bertz CT molecular complexity index is 630. The summed E-state index contributed by atoms with van der Waals surface area (Å²) >= 11 is 5.71. The molecule has 1 rings (SSSR count). The number of benzene rings is 1. The number of halogens is 1. The van der Waals surface area contributed by atoms with E-state index in [1.165, 1.54) is 16.4 Å². The molecule has 0 saturated carbocycles. The Labute approximate surface area is 150 Å². The van der Waals surface area contributed by atoms with Crippen LogP contribution in [-0.2, 0) is 14.8 Å². The molecule has 136 valence electrons. The molecule has 1 unspecified atom stereocenters. The van der Waals surface area contributed by atoms with Crippen molar-refractivity contribution in [3.63, 3.8) is 0 Å². The van der Waals surface area contributed by atoms with Crippen molar-refractivity contribution in [3.8, 4) is 0 Å². The average Bonchev–Trinajstić information content (AvgIpc) is 2.46. The summed E-state index contributed by atoms with van der Waals surface area (Å²) < 4.78 is 27.2. The van der Waals surface area contributed by atoms with Gasteiger partial charge in [-0.2, -0.15) is 4.31 Å². The fourth-order valence-electron chi connectivity index (χ4n) is 2.19. The number of anilines is 1. The van der Waals surface area contributed by atoms with E-state index in [1.54, 1.807) is 19.1 Å². The smallest absolute Gasteiger partial charge is 0.243 e. The van der Waals surface area contributed by atoms with Gasteiger partial charge in [-0.05, 0) is 43.0 Å². The zero-order valence-corrected chi connectivity index (χ0v) is 16.5. The Balaban J connectivity index is 3.01. The zero-order valence-electron chi connectivity index (χ0n) is 14.9. The highest BCUT2D eigenvalue weighted by molar-refractivity contribution is 7.89. The van der Waals surface area contributed by atoms with Gasteiger partial charge in [0.1, 0.15) is 5.38 Å². The predicted octanol–water partition coefficient (Wildman–Crippen LogP) is 3.56. The fourth-order valence-corrected chi connectivity index (χ4v) is 4.01. The van der Waals surface area contributed by atoms with E-state index in [2.05, 4.69) is 5.32 Å². The van der Waals surface area contributed by atoms with Gasteiger partial charge in [0.2, 0.25) is 15.9 Å². The maximum absolute atomic E-state index is 12.9. The molecular weight excluding hydrogens is 348 g/mol. The number of carbonyl (C=O) groups is 1. The maximum atomic E-state index is 12.9. The topological polar surface area (TPSA) is 66.5 Å². The molecular formula is C17H27ClN2O3S. The number of nitrogens with zero attached hydrogens (tertiary/aromatic N) is 1. The molecule has 0 fully saturated rings. The minimum atomic E-state index is -3.56. The van der Waals surface area contributed by atoms with E-state index >= 15 is 0 Å². The molecule has 24 heavy (non-hydrogen) atoms. The van der Waals surface area contributed by atoms with Gasteiger partial charge in [-0.15, -0.1) is 11.6 Å². The minimum Gasteiger partial charge on any atom is -0.325 e. The standard InChI is InChI=1S/C17H27ClN2O3S/c1-12(2)10-20(11-13(3)4)24(22,23)16-8-6-15(7-9-16)19-17(21)14(5)18/h6-9,12-14H,10-11H2,1-5H3,(H,19,21). The summed E-state index contributed by atoms with van der Waals surface area (Å²) in [6.07, 6.45) is 0. The second kappa shape index (κ2) is 8.83. The Hall–Kier alpha value is -1.11. The van der Waals surface area contributed by atoms with Gasteiger partial charge in [-0.3, -0.25) is 4.79 Å². The van der Waals surface area contributed by atoms with Crippen LogP contribution in [0, 0.1) is 11.8 Å². The lowest BCUT2D eigenvalue weighted by atomic mass is 10.2. The van der Waals surface area contributed by atoms with Crippen molar-refractivity contribution in [1.29, 1.82) is 0 Å². The monoisotopic (exact) mass is 374 g/mol. The maximum Gasteiger partial charge on any atom is 0.243 e. The first-order valence-electron chi connectivity index (χ1n) is 8.09. The molecule has 0 bridgehead atoms. The number of sulfonamides is 1. The Morgan fingerprint density at radius 2 is 1.50 bits per heavy atom. The van der Waals surface area contributed by atoms with E-state index in [-0.39, 0.29) is 22.6 Å². The van der Waals surface area contributed by atoms with Gasteiger partial charge < -0.3 is 5.32 Å². The molecule has 1 aromatic carbocycles. The molecule has 0 radical (unpaired) electrons. The SMILES string of the molecule is CC(C)CN(CC(C)C)S(=O)(=O)c1ccc(NC(=O)C(C)Cl)cc1. The van der Waals surface area contributed by atoms with Crippen molar-refractivity contribution in [3.05, 3.63) is 24.3 Å². The number of carbonyl (C=O) groups excluding carboxylic acids is 1. The van der Waals surface area contributed by atoms with Crippen LogP contribution in [0.5, 0.6) is 0 Å². The highest BCUT2D eigenvalue weighted by Gasteiger charge is 2.25. The number of nitrogens with one attached hydrogen (secondary N) is 1. The largest absolute Gasteiger partial charge is 0.325 e. The first-order chi connectivity index (χ1) is 11.0. The lowest BCUT2D eigenvalue weighted by Gasteiger charge is -2.25. The molecule has 1 aromatic rings. The third-order valence-electron chi connectivity index (χ3n) is 3.26. The minimum absolute atomic E-state index is 0.223. The van der Waals surface area contributed by atoms with Crippen LogP contribution in [0.25, 0.3) is 0 Å². The molecule has 0 spiro atoms. The van der Waals surface area contributed by atoms with Crippen molar-refractivity contribution < 1.29 is 13.2 Å².